The van der Waals surface area contributed by atoms with Gasteiger partial charge < -0.3 is 54.0 Å². The van der Waals surface area contributed by atoms with E-state index >= 15 is 0 Å². The Morgan fingerprint density at radius 1 is 0.810 bits per heavy atom. The highest BCUT2D eigenvalue weighted by molar-refractivity contribution is 5.35. The van der Waals surface area contributed by atoms with Crippen molar-refractivity contribution in [2.24, 2.45) is 44.7 Å². The van der Waals surface area contributed by atoms with Gasteiger partial charge >= 0.3 is 5.63 Å². The molecule has 18 atom stereocenters. The summed E-state index contributed by atoms with van der Waals surface area (Å²) in [6, 6.07) is 12.9. The van der Waals surface area contributed by atoms with Gasteiger partial charge in [0.15, 0.2) is 12.6 Å². The topological polar surface area (TPSA) is 213 Å². The van der Waals surface area contributed by atoms with Crippen molar-refractivity contribution < 1.29 is 54.0 Å². The van der Waals surface area contributed by atoms with Crippen LogP contribution < -0.4 is 5.63 Å². The van der Waals surface area contributed by atoms with Gasteiger partial charge in [-0.05, 0) is 106 Å². The third kappa shape index (κ3) is 6.93. The van der Waals surface area contributed by atoms with E-state index in [1.54, 1.807) is 6.26 Å². The predicted octanol–water partition coefficient (Wildman–Crippen LogP) is 4.35. The van der Waals surface area contributed by atoms with E-state index in [0.717, 1.165) is 30.5 Å². The zero-order valence-electron chi connectivity index (χ0n) is 34.0. The van der Waals surface area contributed by atoms with Crippen molar-refractivity contribution in [2.75, 3.05) is 13.2 Å². The van der Waals surface area contributed by atoms with Crippen LogP contribution in [0.5, 0.6) is 0 Å². The molecule has 2 aromatic rings. The molecule has 8 rings (SSSR count). The molecule has 6 fully saturated rings. The number of hydrogen-bond donors (Lipinski definition) is 6. The summed E-state index contributed by atoms with van der Waals surface area (Å²) in [5, 5.41) is 76.3. The molecule has 6 N–H and O–H groups in total. The van der Waals surface area contributed by atoms with E-state index in [0.29, 0.717) is 45.1 Å². The van der Waals surface area contributed by atoms with Gasteiger partial charge in [0.2, 0.25) is 0 Å². The second kappa shape index (κ2) is 16.0. The van der Waals surface area contributed by atoms with Gasteiger partial charge in [-0.15, -0.1) is 0 Å². The Morgan fingerprint density at radius 2 is 1.57 bits per heavy atom. The second-order valence-corrected chi connectivity index (χ2v) is 18.8. The average Bonchev–Trinajstić information content (AvgIpc) is 3.49. The Morgan fingerprint density at radius 3 is 2.29 bits per heavy atom. The van der Waals surface area contributed by atoms with Crippen LogP contribution in [-0.4, -0.2) is 110 Å². The van der Waals surface area contributed by atoms with Gasteiger partial charge in [0.05, 0.1) is 54.6 Å². The van der Waals surface area contributed by atoms with Crippen molar-refractivity contribution in [1.82, 2.24) is 0 Å². The molecule has 0 radical (unpaired) electrons. The van der Waals surface area contributed by atoms with Crippen molar-refractivity contribution in [3.8, 4) is 0 Å². The van der Waals surface area contributed by atoms with E-state index < -0.39 is 77.8 Å². The number of aliphatic hydroxyl groups is 6. The van der Waals surface area contributed by atoms with Gasteiger partial charge in [-0.25, -0.2) is 4.79 Å². The third-order valence-electron chi connectivity index (χ3n) is 16.1. The predicted molar refractivity (Wildman–Crippen MR) is 209 cm³/mol. The molecule has 320 valence electrons. The van der Waals surface area contributed by atoms with E-state index in [4.69, 9.17) is 28.5 Å². The molecule has 0 bridgehead atoms. The number of hydrogen-bond acceptors (Lipinski definition) is 14. The van der Waals surface area contributed by atoms with Crippen LogP contribution in [0, 0.1) is 34.5 Å². The normalized spacial score (nSPS) is 48.0. The Balaban J connectivity index is 1.01. The van der Waals surface area contributed by atoms with Crippen molar-refractivity contribution in [3.05, 3.63) is 64.7 Å². The lowest BCUT2D eigenvalue weighted by Gasteiger charge is -2.66. The third-order valence-corrected chi connectivity index (χ3v) is 16.1. The van der Waals surface area contributed by atoms with Gasteiger partial charge in [-0.3, -0.25) is 0 Å². The summed E-state index contributed by atoms with van der Waals surface area (Å²) in [4.78, 5) is 11.8. The molecule has 18 unspecified atom stereocenters. The molecule has 0 amide bonds. The van der Waals surface area contributed by atoms with Crippen LogP contribution in [0.25, 0.3) is 0 Å². The Labute approximate surface area is 339 Å². The quantitative estimate of drug-likeness (QED) is 0.154. The summed E-state index contributed by atoms with van der Waals surface area (Å²) in [5.74, 6) is -0.314. The molecule has 3 heterocycles. The number of ether oxygens (including phenoxy) is 4. The fraction of sp³-hybridized carbons (Fsp3) is 0.750. The maximum absolute atomic E-state index is 13.1. The van der Waals surface area contributed by atoms with Gasteiger partial charge in [0, 0.05) is 29.2 Å². The first-order valence-corrected chi connectivity index (χ1v) is 21.4. The van der Waals surface area contributed by atoms with E-state index in [1.165, 1.54) is 6.07 Å². The molecule has 58 heavy (non-hydrogen) atoms. The molecule has 4 aliphatic carbocycles. The summed E-state index contributed by atoms with van der Waals surface area (Å²) in [7, 11) is 0. The van der Waals surface area contributed by atoms with Crippen molar-refractivity contribution >= 4 is 5.69 Å². The average molecular weight is 811 g/mol. The first-order valence-electron chi connectivity index (χ1n) is 21.4. The van der Waals surface area contributed by atoms with Crippen molar-refractivity contribution in [2.45, 2.75) is 158 Å². The molecule has 2 aliphatic heterocycles. The molecule has 1 aromatic carbocycles. The van der Waals surface area contributed by atoms with Crippen LogP contribution in [0.2, 0.25) is 0 Å². The summed E-state index contributed by atoms with van der Waals surface area (Å²) in [5.41, 5.74) is -1.88. The minimum atomic E-state index is -1.55. The van der Waals surface area contributed by atoms with Gasteiger partial charge in [-0.1, -0.05) is 39.0 Å². The van der Waals surface area contributed by atoms with Crippen molar-refractivity contribution in [3.63, 3.8) is 0 Å². The van der Waals surface area contributed by atoms with E-state index in [9.17, 15) is 35.4 Å². The first kappa shape index (κ1) is 42.1. The lowest BCUT2D eigenvalue weighted by Crippen LogP contribution is -2.69. The fourth-order valence-corrected chi connectivity index (χ4v) is 12.6. The molecular weight excluding hydrogens is 748 g/mol. The van der Waals surface area contributed by atoms with Crippen LogP contribution >= 0.6 is 0 Å². The van der Waals surface area contributed by atoms with Crippen LogP contribution in [-0.2, 0) is 18.9 Å². The maximum atomic E-state index is 13.1. The summed E-state index contributed by atoms with van der Waals surface area (Å²) >= 11 is 0. The largest absolute Gasteiger partial charge is 0.431 e. The van der Waals surface area contributed by atoms with E-state index in [-0.39, 0.29) is 41.3 Å². The molecule has 1 aromatic heterocycles. The van der Waals surface area contributed by atoms with Crippen LogP contribution in [0.15, 0.2) is 68.2 Å². The SMILES string of the molecule is CC1OC(OC2CCC3(CN=Nc4ccccc4)C4CCC5(C)C(c6ccc(=O)oc6)CCC5(O)C4CCC3(O)C2)C(C)C(C)C1OC1OC(CO)C(O)C(O)C1O. The van der Waals surface area contributed by atoms with Crippen LogP contribution in [0.3, 0.4) is 0 Å². The van der Waals surface area contributed by atoms with Crippen LogP contribution in [0.4, 0.5) is 5.69 Å². The molecule has 4 saturated carbocycles. The molecular formula is C44H62N2O12. The highest BCUT2D eigenvalue weighted by Crippen LogP contribution is 2.71. The number of aliphatic hydroxyl groups excluding tert-OH is 4. The summed E-state index contributed by atoms with van der Waals surface area (Å²) < 4.78 is 30.4. The first-order chi connectivity index (χ1) is 27.6. The number of benzene rings is 1. The summed E-state index contributed by atoms with van der Waals surface area (Å²) in [6.07, 6.45) is -1.48. The molecule has 14 heteroatoms. The van der Waals surface area contributed by atoms with Gasteiger partial charge in [0.1, 0.15) is 24.4 Å². The highest BCUT2D eigenvalue weighted by Gasteiger charge is 2.71. The zero-order valence-corrected chi connectivity index (χ0v) is 34.0. The number of azo groups is 1. The maximum Gasteiger partial charge on any atom is 0.335 e. The molecule has 6 aliphatic rings. The number of rotatable bonds is 9. The lowest BCUT2D eigenvalue weighted by atomic mass is 9.41. The zero-order chi connectivity index (χ0) is 41.2. The number of nitrogens with zero attached hydrogens (tertiary/aromatic N) is 2. The number of fused-ring (bicyclic) bond motifs is 5. The standard InChI is InChI=1S/C44H62N2O12/c1-24-25(2)39(55-26(3)38(24)58-40-37(51)36(50)35(49)33(21-47)57-40)56-29-12-17-42(23-45-46-28-8-6-5-7-9-28)31-13-16-41(4)30(27-10-11-34(48)54-22-27)15-19-44(41,53)32(31)14-18-43(42,52)20-29/h5-11,22,24-26,29-33,35-40,47,49-53H,12-21,23H2,1-4H3. The minimum absolute atomic E-state index is 0.00215. The monoisotopic (exact) mass is 810 g/mol. The summed E-state index contributed by atoms with van der Waals surface area (Å²) in [6.45, 7) is 7.86. The Hall–Kier alpha value is -2.63. The van der Waals surface area contributed by atoms with Crippen molar-refractivity contribution in [1.29, 1.82) is 0 Å². The van der Waals surface area contributed by atoms with Crippen LogP contribution in [0.1, 0.15) is 97.0 Å². The van der Waals surface area contributed by atoms with E-state index in [2.05, 4.69) is 12.0 Å². The molecule has 2 saturated heterocycles. The Kier molecular flexibility index (Phi) is 11.6. The van der Waals surface area contributed by atoms with E-state index in [1.807, 2.05) is 57.2 Å². The Bertz CT molecular complexity index is 1810. The smallest absolute Gasteiger partial charge is 0.335 e. The molecule has 14 nitrogen and oxygen atoms in total. The minimum Gasteiger partial charge on any atom is -0.431 e. The fourth-order valence-electron chi connectivity index (χ4n) is 12.6. The lowest BCUT2D eigenvalue weighted by molar-refractivity contribution is -0.348. The van der Waals surface area contributed by atoms with Gasteiger partial charge in [-0.2, -0.15) is 10.2 Å². The second-order valence-electron chi connectivity index (χ2n) is 18.8. The highest BCUT2D eigenvalue weighted by atomic mass is 16.7. The molecule has 0 spiro atoms. The van der Waals surface area contributed by atoms with Gasteiger partial charge in [0.25, 0.3) is 0 Å².